The summed E-state index contributed by atoms with van der Waals surface area (Å²) in [6.45, 7) is 0.720. The maximum absolute atomic E-state index is 13.4. The summed E-state index contributed by atoms with van der Waals surface area (Å²) in [6.07, 6.45) is -0.325. The van der Waals surface area contributed by atoms with E-state index in [0.29, 0.717) is 18.5 Å². The molecule has 14 heteroatoms. The van der Waals surface area contributed by atoms with Gasteiger partial charge in [0.25, 0.3) is 11.8 Å². The van der Waals surface area contributed by atoms with Crippen molar-refractivity contribution in [3.05, 3.63) is 47.3 Å². The van der Waals surface area contributed by atoms with E-state index in [1.54, 1.807) is 29.2 Å². The first-order valence-electron chi connectivity index (χ1n) is 13.5. The average molecular weight is 573 g/mol. The predicted octanol–water partition coefficient (Wildman–Crippen LogP) is 2.40. The molecule has 0 bridgehead atoms. The zero-order chi connectivity index (χ0) is 29.1. The lowest BCUT2D eigenvalue weighted by molar-refractivity contribution is -0.199. The predicted molar refractivity (Wildman–Crippen MR) is 135 cm³/mol. The zero-order valence-corrected chi connectivity index (χ0v) is 21.9. The van der Waals surface area contributed by atoms with Crippen LogP contribution in [0.5, 0.6) is 0 Å². The number of nitrogens with zero attached hydrogens (tertiary/aromatic N) is 4. The van der Waals surface area contributed by atoms with Crippen LogP contribution in [0.15, 0.2) is 30.6 Å². The smallest absolute Gasteiger partial charge is 0.380 e. The number of fused-ring (bicyclic) bond motifs is 1. The Morgan fingerprint density at radius 1 is 1.07 bits per heavy atom. The molecule has 2 N–H and O–H groups in total. The van der Waals surface area contributed by atoms with Gasteiger partial charge >= 0.3 is 6.18 Å². The fourth-order valence-electron chi connectivity index (χ4n) is 5.91. The van der Waals surface area contributed by atoms with Gasteiger partial charge in [-0.15, -0.1) is 0 Å². The molecule has 0 radical (unpaired) electrons. The number of nitrogens with one attached hydrogen (secondary N) is 2. The first-order valence-corrected chi connectivity index (χ1v) is 13.5. The van der Waals surface area contributed by atoms with Gasteiger partial charge in [-0.25, -0.2) is 0 Å². The van der Waals surface area contributed by atoms with Crippen LogP contribution in [-0.2, 0) is 20.9 Å². The number of carbonyl (C=O) groups excluding carboxylic acids is 5. The molecule has 2 aromatic rings. The Bertz CT molecular complexity index is 1460. The van der Waals surface area contributed by atoms with Crippen LogP contribution < -0.4 is 10.6 Å². The van der Waals surface area contributed by atoms with Crippen LogP contribution >= 0.6 is 0 Å². The molecule has 2 saturated heterocycles. The van der Waals surface area contributed by atoms with Crippen molar-refractivity contribution in [1.82, 2.24) is 24.9 Å². The Morgan fingerprint density at radius 2 is 1.80 bits per heavy atom. The Hall–Kier alpha value is -4.23. The molecule has 41 heavy (non-hydrogen) atoms. The number of hydrogen-bond acceptors (Lipinski definition) is 7. The number of hydrogen-bond donors (Lipinski definition) is 2. The molecule has 3 fully saturated rings. The van der Waals surface area contributed by atoms with E-state index in [1.807, 2.05) is 0 Å². The monoisotopic (exact) mass is 572 g/mol. The van der Waals surface area contributed by atoms with E-state index in [0.717, 1.165) is 10.5 Å². The summed E-state index contributed by atoms with van der Waals surface area (Å²) >= 11 is 0. The molecule has 1 aromatic heterocycles. The van der Waals surface area contributed by atoms with Gasteiger partial charge in [0.05, 0.1) is 23.4 Å². The van der Waals surface area contributed by atoms with Crippen LogP contribution in [0.4, 0.5) is 18.9 Å². The minimum absolute atomic E-state index is 0.0303. The van der Waals surface area contributed by atoms with Gasteiger partial charge in [-0.2, -0.15) is 18.3 Å². The third-order valence-corrected chi connectivity index (χ3v) is 8.43. The fourth-order valence-corrected chi connectivity index (χ4v) is 5.91. The second kappa shape index (κ2) is 9.70. The summed E-state index contributed by atoms with van der Waals surface area (Å²) in [7, 11) is 0. The summed E-state index contributed by atoms with van der Waals surface area (Å²) in [5.74, 6) is -3.16. The Morgan fingerprint density at radius 3 is 2.46 bits per heavy atom. The summed E-state index contributed by atoms with van der Waals surface area (Å²) < 4.78 is 41.8. The third kappa shape index (κ3) is 4.54. The number of alkyl halides is 3. The molecule has 3 aliphatic heterocycles. The van der Waals surface area contributed by atoms with E-state index in [-0.39, 0.29) is 62.5 Å². The van der Waals surface area contributed by atoms with Crippen molar-refractivity contribution in [2.75, 3.05) is 18.4 Å². The van der Waals surface area contributed by atoms with E-state index in [2.05, 4.69) is 15.7 Å². The highest BCUT2D eigenvalue weighted by Crippen LogP contribution is 2.58. The van der Waals surface area contributed by atoms with Gasteiger partial charge in [0.1, 0.15) is 11.5 Å². The lowest BCUT2D eigenvalue weighted by Crippen LogP contribution is -2.54. The fraction of sp³-hybridized carbons (Fsp3) is 0.481. The number of imide groups is 2. The van der Waals surface area contributed by atoms with Crippen molar-refractivity contribution in [2.45, 2.75) is 63.3 Å². The van der Waals surface area contributed by atoms with Crippen LogP contribution in [0.25, 0.3) is 0 Å². The number of anilines is 1. The molecule has 1 aliphatic carbocycles. The molecule has 11 nitrogen and oxygen atoms in total. The maximum atomic E-state index is 13.4. The quantitative estimate of drug-likeness (QED) is 0.508. The van der Waals surface area contributed by atoms with Crippen molar-refractivity contribution in [3.8, 4) is 0 Å². The van der Waals surface area contributed by atoms with Gasteiger partial charge in [0.15, 0.2) is 0 Å². The molecule has 0 spiro atoms. The highest BCUT2D eigenvalue weighted by atomic mass is 19.4. The molecule has 6 rings (SSSR count). The summed E-state index contributed by atoms with van der Waals surface area (Å²) in [4.78, 5) is 64.9. The minimum Gasteiger partial charge on any atom is -0.380 e. The molecule has 4 heterocycles. The first-order chi connectivity index (χ1) is 19.5. The van der Waals surface area contributed by atoms with E-state index >= 15 is 0 Å². The van der Waals surface area contributed by atoms with Crippen LogP contribution in [0.1, 0.15) is 70.8 Å². The molecule has 1 saturated carbocycles. The second-order valence-corrected chi connectivity index (χ2v) is 11.0. The average Bonchev–Trinajstić information content (AvgIpc) is 3.58. The second-order valence-electron chi connectivity index (χ2n) is 11.0. The highest BCUT2D eigenvalue weighted by molar-refractivity contribution is 6.25. The normalized spacial score (nSPS) is 22.6. The number of rotatable bonds is 6. The number of carbonyl (C=O) groups is 5. The van der Waals surface area contributed by atoms with Gasteiger partial charge in [-0.3, -0.25) is 38.9 Å². The van der Waals surface area contributed by atoms with Crippen molar-refractivity contribution in [1.29, 1.82) is 0 Å². The van der Waals surface area contributed by atoms with E-state index in [1.165, 1.54) is 11.0 Å². The van der Waals surface area contributed by atoms with Crippen LogP contribution in [0.2, 0.25) is 0 Å². The SMILES string of the molecule is O=C1CCC(N2C(=O)c3cccc(NCc4cnn(C5CCN(C(=O)C6(C(F)(F)F)CC6)CC5)c4)c3C2=O)C(=O)N1. The van der Waals surface area contributed by atoms with Gasteiger partial charge in [-0.05, 0) is 44.2 Å². The first kappa shape index (κ1) is 27.0. The summed E-state index contributed by atoms with van der Waals surface area (Å²) in [6, 6.07) is 3.67. The topological polar surface area (TPSA) is 134 Å². The van der Waals surface area contributed by atoms with E-state index in [9.17, 15) is 37.1 Å². The Kier molecular flexibility index (Phi) is 6.38. The summed E-state index contributed by atoms with van der Waals surface area (Å²) in [5, 5.41) is 9.74. The Labute approximate surface area is 232 Å². The van der Waals surface area contributed by atoms with Crippen LogP contribution in [-0.4, -0.2) is 74.4 Å². The standard InChI is InChI=1S/C27H27F3N6O5/c28-27(29,30)26(8-9-26)25(41)34-10-6-16(7-11-34)35-14-15(13-32-35)12-31-18-3-1-2-17-21(18)24(40)36(23(17)39)19-4-5-20(37)33-22(19)38/h1-3,13-14,16,19,31H,4-12H2,(H,33,37,38). The van der Waals surface area contributed by atoms with E-state index < -0.39 is 47.2 Å². The van der Waals surface area contributed by atoms with Gasteiger partial charge in [0, 0.05) is 43.5 Å². The molecule has 216 valence electrons. The molecule has 4 aliphatic rings. The minimum atomic E-state index is -4.52. The van der Waals surface area contributed by atoms with Crippen LogP contribution in [0.3, 0.4) is 0 Å². The largest absolute Gasteiger partial charge is 0.403 e. The number of halogens is 3. The number of aromatic nitrogens is 2. The molecule has 5 amide bonds. The summed E-state index contributed by atoms with van der Waals surface area (Å²) in [5.41, 5.74) is -0.700. The molecular formula is C27H27F3N6O5. The van der Waals surface area contributed by atoms with Gasteiger partial charge < -0.3 is 10.2 Å². The molecular weight excluding hydrogens is 545 g/mol. The number of piperidine rings is 2. The Balaban J connectivity index is 1.08. The van der Waals surface area contributed by atoms with Crippen molar-refractivity contribution in [3.63, 3.8) is 0 Å². The van der Waals surface area contributed by atoms with Crippen molar-refractivity contribution >= 4 is 35.2 Å². The highest BCUT2D eigenvalue weighted by Gasteiger charge is 2.69. The third-order valence-electron chi connectivity index (χ3n) is 8.43. The van der Waals surface area contributed by atoms with Gasteiger partial charge in [-0.1, -0.05) is 6.07 Å². The number of benzene rings is 1. The van der Waals surface area contributed by atoms with Crippen molar-refractivity contribution in [2.24, 2.45) is 5.41 Å². The molecule has 1 unspecified atom stereocenters. The van der Waals surface area contributed by atoms with Gasteiger partial charge in [0.2, 0.25) is 17.7 Å². The zero-order valence-electron chi connectivity index (χ0n) is 21.9. The number of likely N-dealkylation sites (tertiary alicyclic amines) is 1. The number of amides is 5. The lowest BCUT2D eigenvalue weighted by atomic mass is 10.00. The van der Waals surface area contributed by atoms with E-state index in [4.69, 9.17) is 0 Å². The lowest BCUT2D eigenvalue weighted by Gasteiger charge is -2.35. The van der Waals surface area contributed by atoms with Crippen LogP contribution in [0, 0.1) is 5.41 Å². The maximum Gasteiger partial charge on any atom is 0.403 e. The molecule has 1 aromatic carbocycles. The molecule has 1 atom stereocenters. The van der Waals surface area contributed by atoms with Crippen molar-refractivity contribution < 1.29 is 37.1 Å².